The van der Waals surface area contributed by atoms with E-state index in [0.29, 0.717) is 0 Å². The third kappa shape index (κ3) is 2.42. The van der Waals surface area contributed by atoms with Crippen LogP contribution in [0.15, 0.2) is 16.9 Å². The van der Waals surface area contributed by atoms with Crippen LogP contribution in [0.1, 0.15) is 20.7 Å². The number of carbonyl (C=O) groups excluding carboxylic acids is 1. The Hall–Kier alpha value is -0.144. The molecule has 0 aliphatic rings. The van der Waals surface area contributed by atoms with Crippen molar-refractivity contribution in [3.63, 3.8) is 0 Å². The molecule has 1 aromatic heterocycles. The fraction of sp³-hybridized carbons (Fsp3) is 0. The van der Waals surface area contributed by atoms with E-state index in [1.54, 1.807) is 0 Å². The van der Waals surface area contributed by atoms with Crippen LogP contribution in [-0.2, 0) is 0 Å². The van der Waals surface area contributed by atoms with Gasteiger partial charge in [-0.2, -0.15) is 0 Å². The van der Waals surface area contributed by atoms with Gasteiger partial charge in [-0.05, 0) is 0 Å². The molecule has 1 rings (SSSR count). The summed E-state index contributed by atoms with van der Waals surface area (Å²) in [6.45, 7) is 0. The number of hydrogen-bond donors (Lipinski definition) is 1. The molecule has 0 aromatic carbocycles. The summed E-state index contributed by atoms with van der Waals surface area (Å²) < 4.78 is 4.37. The van der Waals surface area contributed by atoms with Crippen molar-refractivity contribution >= 4 is 11.9 Å². The van der Waals surface area contributed by atoms with Crippen molar-refractivity contribution in [1.29, 1.82) is 0 Å². The smallest absolute Gasteiger partial charge is 0.545 e. The van der Waals surface area contributed by atoms with Gasteiger partial charge in [0.25, 0.3) is 0 Å². The van der Waals surface area contributed by atoms with Crippen LogP contribution in [-0.4, -0.2) is 17.0 Å². The summed E-state index contributed by atoms with van der Waals surface area (Å²) in [6, 6.07) is 0. The normalized spacial score (nSPS) is 8.67. The summed E-state index contributed by atoms with van der Waals surface area (Å²) in [5.41, 5.74) is -0.845. The van der Waals surface area contributed by atoms with E-state index in [1.807, 2.05) is 0 Å². The molecule has 0 aliphatic carbocycles. The Balaban J connectivity index is 0.00000121. The van der Waals surface area contributed by atoms with Gasteiger partial charge in [0, 0.05) is 0 Å². The van der Waals surface area contributed by atoms with E-state index in [4.69, 9.17) is 5.11 Å². The minimum Gasteiger partial charge on any atom is -0.545 e. The molecular formula is C6H3KO5. The van der Waals surface area contributed by atoms with Crippen LogP contribution in [0.5, 0.6) is 0 Å². The fourth-order valence-corrected chi connectivity index (χ4v) is 0.621. The minimum absolute atomic E-state index is 0. The van der Waals surface area contributed by atoms with Crippen LogP contribution in [0, 0.1) is 0 Å². The van der Waals surface area contributed by atoms with Gasteiger partial charge in [-0.15, -0.1) is 0 Å². The first-order valence-electron chi connectivity index (χ1n) is 2.63. The maximum atomic E-state index is 10.2. The molecule has 6 heteroatoms. The molecule has 0 atom stereocenters. The van der Waals surface area contributed by atoms with Crippen molar-refractivity contribution in [2.75, 3.05) is 0 Å². The van der Waals surface area contributed by atoms with Crippen LogP contribution in [0.3, 0.4) is 0 Å². The largest absolute Gasteiger partial charge is 1.00 e. The molecule has 0 fully saturated rings. The average Bonchev–Trinajstić information content (AvgIpc) is 2.32. The number of furan rings is 1. The first-order valence-corrected chi connectivity index (χ1v) is 2.63. The Morgan fingerprint density at radius 3 is 2.17 bits per heavy atom. The average molecular weight is 194 g/mol. The summed E-state index contributed by atoms with van der Waals surface area (Å²) >= 11 is 0. The minimum atomic E-state index is -1.56. The molecule has 0 amide bonds. The van der Waals surface area contributed by atoms with Crippen molar-refractivity contribution in [3.05, 3.63) is 23.7 Å². The maximum Gasteiger partial charge on any atom is 1.00 e. The number of hydrogen-bond acceptors (Lipinski definition) is 4. The van der Waals surface area contributed by atoms with Gasteiger partial charge in [0.05, 0.1) is 11.5 Å². The topological polar surface area (TPSA) is 90.6 Å². The summed E-state index contributed by atoms with van der Waals surface area (Å²) in [4.78, 5) is 20.4. The monoisotopic (exact) mass is 194 g/mol. The first kappa shape index (κ1) is 11.9. The van der Waals surface area contributed by atoms with E-state index in [1.165, 1.54) is 0 Å². The van der Waals surface area contributed by atoms with Crippen molar-refractivity contribution < 1.29 is 75.6 Å². The quantitative estimate of drug-likeness (QED) is 0.490. The molecule has 12 heavy (non-hydrogen) atoms. The molecule has 1 aromatic rings. The zero-order chi connectivity index (χ0) is 8.43. The predicted octanol–water partition coefficient (Wildman–Crippen LogP) is -3.65. The molecule has 0 bridgehead atoms. The van der Waals surface area contributed by atoms with Gasteiger partial charge < -0.3 is 19.4 Å². The van der Waals surface area contributed by atoms with Gasteiger partial charge >= 0.3 is 57.4 Å². The summed E-state index contributed by atoms with van der Waals surface area (Å²) in [5, 5.41) is 18.5. The zero-order valence-corrected chi connectivity index (χ0v) is 9.36. The molecule has 58 valence electrons. The van der Waals surface area contributed by atoms with Gasteiger partial charge in [0.2, 0.25) is 0 Å². The van der Waals surface area contributed by atoms with E-state index in [2.05, 4.69) is 4.42 Å². The third-order valence-corrected chi connectivity index (χ3v) is 1.11. The Bertz CT molecular complexity index is 274. The number of carbonyl (C=O) groups is 2. The molecular weight excluding hydrogens is 191 g/mol. The van der Waals surface area contributed by atoms with Gasteiger partial charge in [-0.3, -0.25) is 0 Å². The van der Waals surface area contributed by atoms with Crippen LogP contribution in [0.25, 0.3) is 0 Å². The Labute approximate surface area is 110 Å². The molecule has 0 aliphatic heterocycles. The van der Waals surface area contributed by atoms with E-state index >= 15 is 0 Å². The van der Waals surface area contributed by atoms with E-state index in [9.17, 15) is 14.7 Å². The summed E-state index contributed by atoms with van der Waals surface area (Å²) in [5.74, 6) is -2.91. The second-order valence-corrected chi connectivity index (χ2v) is 1.79. The Morgan fingerprint density at radius 2 is 1.83 bits per heavy atom. The van der Waals surface area contributed by atoms with Crippen molar-refractivity contribution in [2.24, 2.45) is 0 Å². The number of carboxylic acids is 2. The van der Waals surface area contributed by atoms with Gasteiger partial charge in [0.1, 0.15) is 18.1 Å². The van der Waals surface area contributed by atoms with Crippen LogP contribution in [0.4, 0.5) is 0 Å². The van der Waals surface area contributed by atoms with E-state index < -0.39 is 23.1 Å². The SMILES string of the molecule is O=C([O-])c1cocc1C(=O)O.[K+]. The van der Waals surface area contributed by atoms with Crippen LogP contribution >= 0.6 is 0 Å². The van der Waals surface area contributed by atoms with Gasteiger partial charge in [0.15, 0.2) is 0 Å². The zero-order valence-electron chi connectivity index (χ0n) is 6.23. The van der Waals surface area contributed by atoms with E-state index in [-0.39, 0.29) is 51.4 Å². The predicted molar refractivity (Wildman–Crippen MR) is 30.0 cm³/mol. The molecule has 5 nitrogen and oxygen atoms in total. The van der Waals surface area contributed by atoms with Crippen molar-refractivity contribution in [2.45, 2.75) is 0 Å². The molecule has 0 unspecified atom stereocenters. The second-order valence-electron chi connectivity index (χ2n) is 1.79. The third-order valence-electron chi connectivity index (χ3n) is 1.11. The van der Waals surface area contributed by atoms with Gasteiger partial charge in [-0.25, -0.2) is 4.79 Å². The maximum absolute atomic E-state index is 10.2. The van der Waals surface area contributed by atoms with Crippen LogP contribution < -0.4 is 56.5 Å². The number of carboxylic acid groups (broad SMARTS) is 2. The van der Waals surface area contributed by atoms with Crippen LogP contribution in [0.2, 0.25) is 0 Å². The summed E-state index contributed by atoms with van der Waals surface area (Å²) in [6.07, 6.45) is 1.66. The number of aromatic carboxylic acids is 2. The molecule has 1 heterocycles. The molecule has 0 radical (unpaired) electrons. The summed E-state index contributed by atoms with van der Waals surface area (Å²) in [7, 11) is 0. The second kappa shape index (κ2) is 4.78. The molecule has 1 N–H and O–H groups in total. The van der Waals surface area contributed by atoms with Gasteiger partial charge in [-0.1, -0.05) is 0 Å². The molecule has 0 saturated heterocycles. The Kier molecular flexibility index (Phi) is 4.72. The standard InChI is InChI=1S/C6H4O5.K/c7-5(8)3-1-11-2-4(3)6(9)10;/h1-2H,(H,7,8)(H,9,10);/q;+1/p-1. The fourth-order valence-electron chi connectivity index (χ4n) is 0.621. The van der Waals surface area contributed by atoms with Crippen molar-refractivity contribution in [3.8, 4) is 0 Å². The molecule has 0 saturated carbocycles. The van der Waals surface area contributed by atoms with E-state index in [0.717, 1.165) is 12.5 Å². The Morgan fingerprint density at radius 1 is 1.33 bits per heavy atom. The van der Waals surface area contributed by atoms with Crippen molar-refractivity contribution in [1.82, 2.24) is 0 Å². The molecule has 0 spiro atoms. The first-order chi connectivity index (χ1) is 5.13. The number of rotatable bonds is 2.